The van der Waals surface area contributed by atoms with Crippen LogP contribution in [0.5, 0.6) is 0 Å². The van der Waals surface area contributed by atoms with Gasteiger partial charge in [-0.15, -0.1) is 0 Å². The molecular formula is C7H10BrF3. The van der Waals surface area contributed by atoms with Crippen LogP contribution in [-0.4, -0.2) is 11.0 Å². The topological polar surface area (TPSA) is 0 Å². The van der Waals surface area contributed by atoms with E-state index in [4.69, 9.17) is 0 Å². The summed E-state index contributed by atoms with van der Waals surface area (Å²) in [5, 5.41) is 0. The highest BCUT2D eigenvalue weighted by atomic mass is 79.9. The van der Waals surface area contributed by atoms with Crippen LogP contribution in [0.2, 0.25) is 0 Å². The summed E-state index contributed by atoms with van der Waals surface area (Å²) in [6.07, 6.45) is -1.84. The quantitative estimate of drug-likeness (QED) is 0.559. The molecule has 2 unspecified atom stereocenters. The molecule has 0 spiro atoms. The van der Waals surface area contributed by atoms with Crippen molar-refractivity contribution in [2.45, 2.75) is 36.7 Å². The van der Waals surface area contributed by atoms with E-state index in [1.807, 2.05) is 0 Å². The number of hydrogen-bond acceptors (Lipinski definition) is 0. The molecule has 0 aromatic carbocycles. The first-order valence-corrected chi connectivity index (χ1v) is 4.62. The molecule has 0 heterocycles. The normalized spacial score (nSPS) is 33.8. The van der Waals surface area contributed by atoms with E-state index in [0.29, 0.717) is 12.8 Å². The molecule has 0 saturated heterocycles. The summed E-state index contributed by atoms with van der Waals surface area (Å²) in [4.78, 5) is 0.0721. The highest BCUT2D eigenvalue weighted by Crippen LogP contribution is 2.39. The van der Waals surface area contributed by atoms with Gasteiger partial charge in [-0.1, -0.05) is 22.4 Å². The van der Waals surface area contributed by atoms with E-state index in [1.54, 1.807) is 0 Å². The van der Waals surface area contributed by atoms with Gasteiger partial charge >= 0.3 is 6.18 Å². The van der Waals surface area contributed by atoms with Crippen molar-refractivity contribution in [3.8, 4) is 0 Å². The summed E-state index contributed by atoms with van der Waals surface area (Å²) in [5.41, 5.74) is 0. The Kier molecular flexibility index (Phi) is 2.84. The van der Waals surface area contributed by atoms with Crippen molar-refractivity contribution >= 4 is 15.9 Å². The third-order valence-electron chi connectivity index (χ3n) is 2.07. The van der Waals surface area contributed by atoms with Gasteiger partial charge in [0.25, 0.3) is 0 Å². The smallest absolute Gasteiger partial charge is 0.171 e. The SMILES string of the molecule is FC(F)(F)C1CCCC(Br)C1. The van der Waals surface area contributed by atoms with Crippen molar-refractivity contribution < 1.29 is 13.2 Å². The maximum absolute atomic E-state index is 12.1. The van der Waals surface area contributed by atoms with Gasteiger partial charge in [-0.05, 0) is 19.3 Å². The van der Waals surface area contributed by atoms with Gasteiger partial charge in [-0.2, -0.15) is 13.2 Å². The standard InChI is InChI=1S/C7H10BrF3/c8-6-3-1-2-5(4-6)7(9,10)11/h5-6H,1-4H2. The predicted molar refractivity (Wildman–Crippen MR) is 40.7 cm³/mol. The number of alkyl halides is 4. The summed E-state index contributed by atoms with van der Waals surface area (Å²) in [6.45, 7) is 0. The second-order valence-electron chi connectivity index (χ2n) is 3.00. The minimum Gasteiger partial charge on any atom is -0.171 e. The fraction of sp³-hybridized carbons (Fsp3) is 1.00. The van der Waals surface area contributed by atoms with E-state index in [0.717, 1.165) is 6.42 Å². The van der Waals surface area contributed by atoms with Gasteiger partial charge in [0, 0.05) is 4.83 Å². The van der Waals surface area contributed by atoms with Gasteiger partial charge in [-0.3, -0.25) is 0 Å². The first kappa shape index (κ1) is 9.36. The zero-order valence-corrected chi connectivity index (χ0v) is 7.58. The third-order valence-corrected chi connectivity index (χ3v) is 2.90. The maximum Gasteiger partial charge on any atom is 0.391 e. The van der Waals surface area contributed by atoms with Crippen LogP contribution >= 0.6 is 15.9 Å². The van der Waals surface area contributed by atoms with E-state index in [-0.39, 0.29) is 11.2 Å². The summed E-state index contributed by atoms with van der Waals surface area (Å²) < 4.78 is 36.3. The lowest BCUT2D eigenvalue weighted by atomic mass is 9.89. The lowest BCUT2D eigenvalue weighted by molar-refractivity contribution is -0.181. The fourth-order valence-corrected chi connectivity index (χ4v) is 2.20. The molecule has 0 aliphatic heterocycles. The van der Waals surface area contributed by atoms with Gasteiger partial charge < -0.3 is 0 Å². The zero-order chi connectivity index (χ0) is 8.48. The van der Waals surface area contributed by atoms with E-state index in [9.17, 15) is 13.2 Å². The van der Waals surface area contributed by atoms with E-state index in [1.165, 1.54) is 0 Å². The van der Waals surface area contributed by atoms with Crippen LogP contribution in [0.3, 0.4) is 0 Å². The second kappa shape index (κ2) is 3.33. The molecule has 1 rings (SSSR count). The molecule has 0 aromatic heterocycles. The second-order valence-corrected chi connectivity index (χ2v) is 4.30. The highest BCUT2D eigenvalue weighted by Gasteiger charge is 2.41. The molecule has 1 fully saturated rings. The number of hydrogen-bond donors (Lipinski definition) is 0. The van der Waals surface area contributed by atoms with Gasteiger partial charge in [0.15, 0.2) is 0 Å². The highest BCUT2D eigenvalue weighted by molar-refractivity contribution is 9.09. The van der Waals surface area contributed by atoms with Crippen molar-refractivity contribution in [2.24, 2.45) is 5.92 Å². The minimum atomic E-state index is -3.98. The van der Waals surface area contributed by atoms with Crippen LogP contribution < -0.4 is 0 Å². The Hall–Kier alpha value is 0.270. The average molecular weight is 231 g/mol. The van der Waals surface area contributed by atoms with Gasteiger partial charge in [0.2, 0.25) is 0 Å². The minimum absolute atomic E-state index is 0.0721. The Labute approximate surface area is 72.3 Å². The van der Waals surface area contributed by atoms with Crippen molar-refractivity contribution in [3.05, 3.63) is 0 Å². The van der Waals surface area contributed by atoms with Crippen molar-refractivity contribution in [3.63, 3.8) is 0 Å². The largest absolute Gasteiger partial charge is 0.391 e. The van der Waals surface area contributed by atoms with Crippen LogP contribution in [-0.2, 0) is 0 Å². The first-order chi connectivity index (χ1) is 5.00. The first-order valence-electron chi connectivity index (χ1n) is 3.71. The van der Waals surface area contributed by atoms with Crippen LogP contribution in [0, 0.1) is 5.92 Å². The van der Waals surface area contributed by atoms with Gasteiger partial charge in [0.1, 0.15) is 0 Å². The molecule has 11 heavy (non-hydrogen) atoms. The Morgan fingerprint density at radius 1 is 1.18 bits per heavy atom. The molecule has 1 aliphatic carbocycles. The fourth-order valence-electron chi connectivity index (χ4n) is 1.43. The molecule has 0 bridgehead atoms. The van der Waals surface area contributed by atoms with Crippen molar-refractivity contribution in [1.82, 2.24) is 0 Å². The van der Waals surface area contributed by atoms with Gasteiger partial charge in [-0.25, -0.2) is 0 Å². The van der Waals surface area contributed by atoms with Crippen molar-refractivity contribution in [1.29, 1.82) is 0 Å². The zero-order valence-electron chi connectivity index (χ0n) is 5.99. The summed E-state index contributed by atoms with van der Waals surface area (Å²) in [5.74, 6) is -1.07. The summed E-state index contributed by atoms with van der Waals surface area (Å²) in [6, 6.07) is 0. The van der Waals surface area contributed by atoms with Crippen LogP contribution in [0.25, 0.3) is 0 Å². The Morgan fingerprint density at radius 2 is 1.82 bits per heavy atom. The molecular weight excluding hydrogens is 221 g/mol. The van der Waals surface area contributed by atoms with E-state index >= 15 is 0 Å². The summed E-state index contributed by atoms with van der Waals surface area (Å²) >= 11 is 3.22. The Bertz CT molecular complexity index is 132. The van der Waals surface area contributed by atoms with Crippen LogP contribution in [0.1, 0.15) is 25.7 Å². The molecule has 0 radical (unpaired) electrons. The lowest BCUT2D eigenvalue weighted by Crippen LogP contribution is -2.28. The van der Waals surface area contributed by atoms with E-state index < -0.39 is 12.1 Å². The molecule has 0 aromatic rings. The Balaban J connectivity index is 2.46. The monoisotopic (exact) mass is 230 g/mol. The van der Waals surface area contributed by atoms with Crippen LogP contribution in [0.15, 0.2) is 0 Å². The van der Waals surface area contributed by atoms with E-state index in [2.05, 4.69) is 15.9 Å². The Morgan fingerprint density at radius 3 is 2.18 bits per heavy atom. The maximum atomic E-state index is 12.1. The average Bonchev–Trinajstić information content (AvgIpc) is 1.86. The third kappa shape index (κ3) is 2.65. The van der Waals surface area contributed by atoms with Crippen molar-refractivity contribution in [2.75, 3.05) is 0 Å². The molecule has 0 amide bonds. The number of halogens is 4. The molecule has 66 valence electrons. The molecule has 4 heteroatoms. The van der Waals surface area contributed by atoms with Gasteiger partial charge in [0.05, 0.1) is 5.92 Å². The molecule has 1 saturated carbocycles. The molecule has 0 N–H and O–H groups in total. The number of rotatable bonds is 0. The molecule has 0 nitrogen and oxygen atoms in total. The summed E-state index contributed by atoms with van der Waals surface area (Å²) in [7, 11) is 0. The molecule has 2 atom stereocenters. The predicted octanol–water partition coefficient (Wildman–Crippen LogP) is 3.50. The molecule has 1 aliphatic rings. The van der Waals surface area contributed by atoms with Crippen LogP contribution in [0.4, 0.5) is 13.2 Å². The lowest BCUT2D eigenvalue weighted by Gasteiger charge is -2.27.